The number of halogens is 1. The molecular weight excluding hydrogens is 240 g/mol. The number of esters is 1. The number of carbonyl (C=O) groups is 1. The van der Waals surface area contributed by atoms with Gasteiger partial charge in [-0.3, -0.25) is 0 Å². The fraction of sp³-hybridized carbons (Fsp3) is 0.500. The molecule has 0 aliphatic carbocycles. The van der Waals surface area contributed by atoms with Crippen LogP contribution in [0.4, 0.5) is 0 Å². The van der Waals surface area contributed by atoms with Crippen LogP contribution in [0.5, 0.6) is 0 Å². The van der Waals surface area contributed by atoms with E-state index in [0.717, 1.165) is 25.9 Å². The van der Waals surface area contributed by atoms with E-state index in [9.17, 15) is 4.79 Å². The van der Waals surface area contributed by atoms with Gasteiger partial charge in [0.1, 0.15) is 5.69 Å². The van der Waals surface area contributed by atoms with Crippen LogP contribution < -0.4 is 5.32 Å². The third-order valence-electron chi connectivity index (χ3n) is 2.84. The highest BCUT2D eigenvalue weighted by molar-refractivity contribution is 6.30. The quantitative estimate of drug-likeness (QED) is 0.837. The Balaban J connectivity index is 1.84. The molecule has 0 spiro atoms. The second-order valence-corrected chi connectivity index (χ2v) is 4.59. The first-order valence-electron chi connectivity index (χ1n) is 5.75. The van der Waals surface area contributed by atoms with Crippen LogP contribution in [0.3, 0.4) is 0 Å². The second kappa shape index (κ2) is 5.98. The Kier molecular flexibility index (Phi) is 4.34. The Morgan fingerprint density at radius 2 is 2.29 bits per heavy atom. The molecule has 0 aromatic carbocycles. The first kappa shape index (κ1) is 12.3. The van der Waals surface area contributed by atoms with Gasteiger partial charge in [-0.15, -0.1) is 0 Å². The van der Waals surface area contributed by atoms with E-state index >= 15 is 0 Å². The zero-order valence-electron chi connectivity index (χ0n) is 9.49. The van der Waals surface area contributed by atoms with Gasteiger partial charge in [0, 0.05) is 11.2 Å². The van der Waals surface area contributed by atoms with Gasteiger partial charge in [-0.05, 0) is 44.0 Å². The predicted molar refractivity (Wildman–Crippen MR) is 65.1 cm³/mol. The highest BCUT2D eigenvalue weighted by atomic mass is 35.5. The fourth-order valence-electron chi connectivity index (χ4n) is 1.83. The number of hydrogen-bond donors (Lipinski definition) is 1. The van der Waals surface area contributed by atoms with Crippen molar-refractivity contribution >= 4 is 17.6 Å². The summed E-state index contributed by atoms with van der Waals surface area (Å²) in [4.78, 5) is 15.6. The molecule has 0 atom stereocenters. The van der Waals surface area contributed by atoms with Crippen molar-refractivity contribution in [2.75, 3.05) is 19.7 Å². The van der Waals surface area contributed by atoms with Gasteiger partial charge in [0.25, 0.3) is 0 Å². The smallest absolute Gasteiger partial charge is 0.356 e. The summed E-state index contributed by atoms with van der Waals surface area (Å²) in [5, 5.41) is 3.77. The van der Waals surface area contributed by atoms with E-state index in [1.165, 1.54) is 12.3 Å². The molecule has 1 aromatic rings. The fourth-order valence-corrected chi connectivity index (χ4v) is 1.99. The SMILES string of the molecule is O=C(OCC1CCNCC1)c1cc(Cl)ccn1. The van der Waals surface area contributed by atoms with Crippen LogP contribution in [0.25, 0.3) is 0 Å². The van der Waals surface area contributed by atoms with Gasteiger partial charge in [-0.1, -0.05) is 11.6 Å². The topological polar surface area (TPSA) is 51.2 Å². The molecule has 5 heteroatoms. The molecule has 0 saturated carbocycles. The van der Waals surface area contributed by atoms with Crippen molar-refractivity contribution < 1.29 is 9.53 Å². The summed E-state index contributed by atoms with van der Waals surface area (Å²) in [7, 11) is 0. The summed E-state index contributed by atoms with van der Waals surface area (Å²) in [5.41, 5.74) is 0.270. The minimum atomic E-state index is -0.397. The first-order valence-corrected chi connectivity index (χ1v) is 6.13. The Morgan fingerprint density at radius 1 is 1.53 bits per heavy atom. The van der Waals surface area contributed by atoms with Crippen molar-refractivity contribution in [1.29, 1.82) is 0 Å². The maximum atomic E-state index is 11.7. The number of ether oxygens (including phenoxy) is 1. The number of hydrogen-bond acceptors (Lipinski definition) is 4. The zero-order chi connectivity index (χ0) is 12.1. The van der Waals surface area contributed by atoms with E-state index in [1.54, 1.807) is 6.07 Å². The predicted octanol–water partition coefficient (Wildman–Crippen LogP) is 1.89. The lowest BCUT2D eigenvalue weighted by atomic mass is 9.99. The number of carbonyl (C=O) groups excluding carboxylic acids is 1. The third-order valence-corrected chi connectivity index (χ3v) is 3.08. The molecular formula is C12H15ClN2O2. The van der Waals surface area contributed by atoms with Crippen LogP contribution in [0, 0.1) is 5.92 Å². The highest BCUT2D eigenvalue weighted by Gasteiger charge is 2.16. The first-order chi connectivity index (χ1) is 8.25. The standard InChI is InChI=1S/C12H15ClN2O2/c13-10-3-6-15-11(7-10)12(16)17-8-9-1-4-14-5-2-9/h3,6-7,9,14H,1-2,4-5,8H2. The Hall–Kier alpha value is -1.13. The Labute approximate surface area is 105 Å². The van der Waals surface area contributed by atoms with E-state index in [0.29, 0.717) is 17.5 Å². The van der Waals surface area contributed by atoms with Crippen LogP contribution in [0.2, 0.25) is 5.02 Å². The number of nitrogens with zero attached hydrogens (tertiary/aromatic N) is 1. The van der Waals surface area contributed by atoms with Gasteiger partial charge >= 0.3 is 5.97 Å². The van der Waals surface area contributed by atoms with Gasteiger partial charge < -0.3 is 10.1 Å². The van der Waals surface area contributed by atoms with Crippen molar-refractivity contribution in [3.8, 4) is 0 Å². The van der Waals surface area contributed by atoms with Crippen molar-refractivity contribution in [1.82, 2.24) is 10.3 Å². The van der Waals surface area contributed by atoms with Crippen LogP contribution in [0.15, 0.2) is 18.3 Å². The molecule has 17 heavy (non-hydrogen) atoms. The lowest BCUT2D eigenvalue weighted by Gasteiger charge is -2.21. The molecule has 0 bridgehead atoms. The molecule has 0 radical (unpaired) electrons. The van der Waals surface area contributed by atoms with E-state index < -0.39 is 5.97 Å². The minimum absolute atomic E-state index is 0.270. The lowest BCUT2D eigenvalue weighted by Crippen LogP contribution is -2.30. The average Bonchev–Trinajstić information content (AvgIpc) is 2.37. The monoisotopic (exact) mass is 254 g/mol. The largest absolute Gasteiger partial charge is 0.461 e. The summed E-state index contributed by atoms with van der Waals surface area (Å²) in [6, 6.07) is 3.15. The zero-order valence-corrected chi connectivity index (χ0v) is 10.2. The summed E-state index contributed by atoms with van der Waals surface area (Å²) in [5.74, 6) is 0.0606. The summed E-state index contributed by atoms with van der Waals surface area (Å²) in [6.45, 7) is 2.46. The molecule has 1 saturated heterocycles. The summed E-state index contributed by atoms with van der Waals surface area (Å²) >= 11 is 5.78. The molecule has 2 rings (SSSR count). The van der Waals surface area contributed by atoms with Gasteiger partial charge in [0.05, 0.1) is 6.61 Å². The molecule has 0 unspecified atom stereocenters. The van der Waals surface area contributed by atoms with Crippen molar-refractivity contribution in [2.24, 2.45) is 5.92 Å². The molecule has 92 valence electrons. The van der Waals surface area contributed by atoms with Crippen molar-refractivity contribution in [3.05, 3.63) is 29.0 Å². The lowest BCUT2D eigenvalue weighted by molar-refractivity contribution is 0.0409. The second-order valence-electron chi connectivity index (χ2n) is 4.15. The van der Waals surface area contributed by atoms with Crippen molar-refractivity contribution in [3.63, 3.8) is 0 Å². The van der Waals surface area contributed by atoms with Gasteiger partial charge in [0.15, 0.2) is 0 Å². The van der Waals surface area contributed by atoms with E-state index in [2.05, 4.69) is 10.3 Å². The normalized spacial score (nSPS) is 16.8. The summed E-state index contributed by atoms with van der Waals surface area (Å²) < 4.78 is 5.23. The molecule has 4 nitrogen and oxygen atoms in total. The maximum Gasteiger partial charge on any atom is 0.356 e. The van der Waals surface area contributed by atoms with Crippen LogP contribution >= 0.6 is 11.6 Å². The van der Waals surface area contributed by atoms with Gasteiger partial charge in [-0.25, -0.2) is 9.78 Å². The van der Waals surface area contributed by atoms with Crippen molar-refractivity contribution in [2.45, 2.75) is 12.8 Å². The third kappa shape index (κ3) is 3.68. The highest BCUT2D eigenvalue weighted by Crippen LogP contribution is 2.13. The Morgan fingerprint density at radius 3 is 3.00 bits per heavy atom. The number of nitrogens with one attached hydrogen (secondary N) is 1. The van der Waals surface area contributed by atoms with Crippen LogP contribution in [0.1, 0.15) is 23.3 Å². The molecule has 1 fully saturated rings. The molecule has 1 aromatic heterocycles. The average molecular weight is 255 g/mol. The van der Waals surface area contributed by atoms with Gasteiger partial charge in [-0.2, -0.15) is 0 Å². The summed E-state index contributed by atoms with van der Waals surface area (Å²) in [6.07, 6.45) is 3.61. The molecule has 1 aliphatic rings. The molecule has 2 heterocycles. The number of piperidine rings is 1. The minimum Gasteiger partial charge on any atom is -0.461 e. The van der Waals surface area contributed by atoms with Gasteiger partial charge in [0.2, 0.25) is 0 Å². The molecule has 0 amide bonds. The Bertz CT molecular complexity index is 392. The number of rotatable bonds is 3. The molecule has 1 N–H and O–H groups in total. The van der Waals surface area contributed by atoms with E-state index in [1.807, 2.05) is 0 Å². The maximum absolute atomic E-state index is 11.7. The van der Waals surface area contributed by atoms with Crippen LogP contribution in [-0.2, 0) is 4.74 Å². The number of aromatic nitrogens is 1. The van der Waals surface area contributed by atoms with E-state index in [-0.39, 0.29) is 5.69 Å². The number of pyridine rings is 1. The van der Waals surface area contributed by atoms with Crippen LogP contribution in [-0.4, -0.2) is 30.6 Å². The van der Waals surface area contributed by atoms with E-state index in [4.69, 9.17) is 16.3 Å². The molecule has 1 aliphatic heterocycles.